The number of benzene rings is 3. The third-order valence-corrected chi connectivity index (χ3v) is 4.99. The van der Waals surface area contributed by atoms with Crippen molar-refractivity contribution in [3.8, 4) is 0 Å². The maximum atomic E-state index is 11.2. The Labute approximate surface area is 163 Å². The molecule has 0 bridgehead atoms. The third-order valence-electron chi connectivity index (χ3n) is 4.99. The number of carbonyl (C=O) groups is 1. The first-order chi connectivity index (χ1) is 13.7. The van der Waals surface area contributed by atoms with Gasteiger partial charge >= 0.3 is 5.97 Å². The standard InChI is InChI=1S/C24H20N2O2/c27-23(28)16-22-17-26(18-25-22)24(19-10-4-1-5-11-19,20-12-6-2-7-13-20)21-14-8-3-9-15-21/h1-15,17-18H,16H2,(H,27,28)/p+1. The van der Waals surface area contributed by atoms with Crippen molar-refractivity contribution in [1.29, 1.82) is 0 Å². The number of imidazole rings is 1. The van der Waals surface area contributed by atoms with Crippen LogP contribution < -0.4 is 4.57 Å². The lowest BCUT2D eigenvalue weighted by atomic mass is 9.77. The molecule has 4 heteroatoms. The summed E-state index contributed by atoms with van der Waals surface area (Å²) in [6.45, 7) is 0. The molecule has 0 fully saturated rings. The first kappa shape index (κ1) is 17.7. The lowest BCUT2D eigenvalue weighted by Crippen LogP contribution is -2.57. The number of carboxylic acid groups (broad SMARTS) is 1. The van der Waals surface area contributed by atoms with Crippen molar-refractivity contribution in [3.63, 3.8) is 0 Å². The van der Waals surface area contributed by atoms with E-state index in [2.05, 4.69) is 45.9 Å². The van der Waals surface area contributed by atoms with Gasteiger partial charge in [0.05, 0.1) is 0 Å². The zero-order valence-electron chi connectivity index (χ0n) is 15.3. The zero-order chi connectivity index (χ0) is 19.4. The summed E-state index contributed by atoms with van der Waals surface area (Å²) in [6.07, 6.45) is 3.69. The maximum Gasteiger partial charge on any atom is 0.311 e. The molecule has 0 saturated carbocycles. The molecule has 4 aromatic rings. The lowest BCUT2D eigenvalue weighted by molar-refractivity contribution is -0.733. The molecule has 2 N–H and O–H groups in total. The fourth-order valence-corrected chi connectivity index (χ4v) is 3.83. The van der Waals surface area contributed by atoms with Crippen LogP contribution in [0.2, 0.25) is 0 Å². The number of aliphatic carboxylic acids is 1. The van der Waals surface area contributed by atoms with Gasteiger partial charge in [0.2, 0.25) is 6.33 Å². The monoisotopic (exact) mass is 369 g/mol. The molecule has 0 atom stereocenters. The molecule has 0 saturated heterocycles. The molecule has 0 amide bonds. The van der Waals surface area contributed by atoms with Gasteiger partial charge in [0, 0.05) is 16.7 Å². The van der Waals surface area contributed by atoms with Crippen LogP contribution in [0, 0.1) is 0 Å². The Morgan fingerprint density at radius 1 is 0.786 bits per heavy atom. The third kappa shape index (κ3) is 3.09. The molecule has 138 valence electrons. The van der Waals surface area contributed by atoms with Gasteiger partial charge in [-0.15, -0.1) is 0 Å². The Hall–Kier alpha value is -3.66. The van der Waals surface area contributed by atoms with Gasteiger partial charge in [0.15, 0.2) is 11.2 Å². The van der Waals surface area contributed by atoms with Crippen molar-refractivity contribution in [3.05, 3.63) is 126 Å². The van der Waals surface area contributed by atoms with E-state index in [1.165, 1.54) is 0 Å². The summed E-state index contributed by atoms with van der Waals surface area (Å²) in [6, 6.07) is 30.8. The molecule has 4 nitrogen and oxygen atoms in total. The number of hydrogen-bond acceptors (Lipinski definition) is 1. The minimum atomic E-state index is -0.862. The Morgan fingerprint density at radius 2 is 1.21 bits per heavy atom. The highest BCUT2D eigenvalue weighted by molar-refractivity contribution is 5.69. The molecule has 4 rings (SSSR count). The van der Waals surface area contributed by atoms with Gasteiger partial charge in [0.25, 0.3) is 0 Å². The molecule has 1 heterocycles. The fraction of sp³-hybridized carbons (Fsp3) is 0.0833. The minimum absolute atomic E-state index is 0.0541. The van der Waals surface area contributed by atoms with Crippen LogP contribution in [0.15, 0.2) is 104 Å². The molecular formula is C24H21N2O2+. The fourth-order valence-electron chi connectivity index (χ4n) is 3.83. The van der Waals surface area contributed by atoms with Crippen molar-refractivity contribution in [2.45, 2.75) is 12.0 Å². The van der Waals surface area contributed by atoms with Gasteiger partial charge in [-0.25, -0.2) is 9.55 Å². The van der Waals surface area contributed by atoms with E-state index in [0.29, 0.717) is 5.69 Å². The Morgan fingerprint density at radius 3 is 1.61 bits per heavy atom. The Bertz CT molecular complexity index is 961. The quantitative estimate of drug-likeness (QED) is 0.402. The highest BCUT2D eigenvalue weighted by Gasteiger charge is 2.43. The minimum Gasteiger partial charge on any atom is -0.481 e. The number of H-pyrrole nitrogens is 1. The number of aromatic nitrogens is 2. The van der Waals surface area contributed by atoms with Crippen molar-refractivity contribution in [1.82, 2.24) is 4.98 Å². The second-order valence-corrected chi connectivity index (χ2v) is 6.71. The normalized spacial score (nSPS) is 11.3. The van der Waals surface area contributed by atoms with Crippen LogP contribution in [0.25, 0.3) is 0 Å². The second kappa shape index (κ2) is 7.53. The summed E-state index contributed by atoms with van der Waals surface area (Å²) in [7, 11) is 0. The van der Waals surface area contributed by atoms with E-state index in [1.54, 1.807) is 0 Å². The van der Waals surface area contributed by atoms with E-state index in [4.69, 9.17) is 0 Å². The number of nitrogens with one attached hydrogen (secondary N) is 1. The summed E-state index contributed by atoms with van der Waals surface area (Å²) in [5.41, 5.74) is 3.31. The molecule has 0 aliphatic rings. The SMILES string of the molecule is O=C(O)Cc1c[n+](C(c2ccccc2)(c2ccccc2)c2ccccc2)c[nH]1. The highest BCUT2D eigenvalue weighted by Crippen LogP contribution is 2.36. The summed E-state index contributed by atoms with van der Waals surface area (Å²) < 4.78 is 2.07. The average molecular weight is 369 g/mol. The van der Waals surface area contributed by atoms with Crippen molar-refractivity contribution >= 4 is 5.97 Å². The van der Waals surface area contributed by atoms with E-state index >= 15 is 0 Å². The number of rotatable bonds is 6. The summed E-state index contributed by atoms with van der Waals surface area (Å²) in [5, 5.41) is 9.20. The van der Waals surface area contributed by atoms with E-state index in [9.17, 15) is 9.90 Å². The number of hydrogen-bond donors (Lipinski definition) is 2. The number of nitrogens with zero attached hydrogens (tertiary/aromatic N) is 1. The topological polar surface area (TPSA) is 57.0 Å². The van der Waals surface area contributed by atoms with Gasteiger partial charge in [0.1, 0.15) is 12.6 Å². The second-order valence-electron chi connectivity index (χ2n) is 6.71. The molecule has 0 aliphatic carbocycles. The van der Waals surface area contributed by atoms with E-state index in [1.807, 2.05) is 67.1 Å². The maximum absolute atomic E-state index is 11.2. The molecular weight excluding hydrogens is 348 g/mol. The van der Waals surface area contributed by atoms with Crippen molar-refractivity contribution in [2.75, 3.05) is 0 Å². The molecule has 3 aromatic carbocycles. The molecule has 0 radical (unpaired) electrons. The van der Waals surface area contributed by atoms with E-state index in [0.717, 1.165) is 16.7 Å². The van der Waals surface area contributed by atoms with E-state index < -0.39 is 11.5 Å². The summed E-state index contributed by atoms with van der Waals surface area (Å²) in [4.78, 5) is 14.3. The number of carboxylic acids is 1. The van der Waals surface area contributed by atoms with E-state index in [-0.39, 0.29) is 6.42 Å². The van der Waals surface area contributed by atoms with Gasteiger partial charge in [-0.05, 0) is 0 Å². The summed E-state index contributed by atoms with van der Waals surface area (Å²) in [5.74, 6) is -0.862. The number of aromatic amines is 1. The smallest absolute Gasteiger partial charge is 0.311 e. The molecule has 1 aromatic heterocycles. The molecule has 0 aliphatic heterocycles. The van der Waals surface area contributed by atoms with Crippen LogP contribution in [0.4, 0.5) is 0 Å². The predicted molar refractivity (Wildman–Crippen MR) is 107 cm³/mol. The van der Waals surface area contributed by atoms with Crippen molar-refractivity contribution < 1.29 is 14.5 Å². The highest BCUT2D eigenvalue weighted by atomic mass is 16.4. The molecule has 0 spiro atoms. The van der Waals surface area contributed by atoms with Gasteiger partial charge in [-0.1, -0.05) is 91.0 Å². The van der Waals surface area contributed by atoms with Gasteiger partial charge < -0.3 is 5.11 Å². The summed E-state index contributed by atoms with van der Waals surface area (Å²) >= 11 is 0. The Balaban J connectivity index is 2.04. The first-order valence-electron chi connectivity index (χ1n) is 9.18. The van der Waals surface area contributed by atoms with Crippen LogP contribution in [-0.2, 0) is 16.8 Å². The average Bonchev–Trinajstić information content (AvgIpc) is 3.19. The molecule has 0 unspecified atom stereocenters. The predicted octanol–water partition coefficient (Wildman–Crippen LogP) is 3.77. The van der Waals surface area contributed by atoms with Gasteiger partial charge in [-0.3, -0.25) is 4.79 Å². The molecule has 28 heavy (non-hydrogen) atoms. The van der Waals surface area contributed by atoms with Crippen LogP contribution in [-0.4, -0.2) is 16.1 Å². The van der Waals surface area contributed by atoms with Crippen LogP contribution >= 0.6 is 0 Å². The van der Waals surface area contributed by atoms with Gasteiger partial charge in [-0.2, -0.15) is 0 Å². The lowest BCUT2D eigenvalue weighted by Gasteiger charge is -2.32. The van der Waals surface area contributed by atoms with Crippen LogP contribution in [0.3, 0.4) is 0 Å². The van der Waals surface area contributed by atoms with Crippen LogP contribution in [0.1, 0.15) is 22.4 Å². The zero-order valence-corrected chi connectivity index (χ0v) is 15.3. The Kier molecular flexibility index (Phi) is 4.77. The van der Waals surface area contributed by atoms with Crippen molar-refractivity contribution in [2.24, 2.45) is 0 Å². The largest absolute Gasteiger partial charge is 0.481 e. The van der Waals surface area contributed by atoms with Crippen LogP contribution in [0.5, 0.6) is 0 Å². The first-order valence-corrected chi connectivity index (χ1v) is 9.18.